The van der Waals surface area contributed by atoms with Gasteiger partial charge < -0.3 is 16.2 Å². The summed E-state index contributed by atoms with van der Waals surface area (Å²) >= 11 is 1.32. The first-order valence-corrected chi connectivity index (χ1v) is 8.19. The highest BCUT2D eigenvalue weighted by Gasteiger charge is 2.56. The van der Waals surface area contributed by atoms with E-state index in [1.54, 1.807) is 47.8 Å². The third-order valence-electron chi connectivity index (χ3n) is 4.30. The van der Waals surface area contributed by atoms with Crippen molar-refractivity contribution in [1.29, 1.82) is 5.26 Å². The predicted octanol–water partition coefficient (Wildman–Crippen LogP) is 1.05. The van der Waals surface area contributed by atoms with E-state index in [9.17, 15) is 20.0 Å². The van der Waals surface area contributed by atoms with Crippen LogP contribution in [0.4, 0.5) is 0 Å². The molecule has 3 rings (SSSR count). The van der Waals surface area contributed by atoms with Crippen molar-refractivity contribution in [2.24, 2.45) is 17.6 Å². The van der Waals surface area contributed by atoms with E-state index < -0.39 is 35.3 Å². The lowest BCUT2D eigenvalue weighted by atomic mass is 9.69. The molecule has 24 heavy (non-hydrogen) atoms. The Labute approximate surface area is 142 Å². The summed E-state index contributed by atoms with van der Waals surface area (Å²) in [6, 6.07) is 14.0. The molecule has 0 aliphatic carbocycles. The van der Waals surface area contributed by atoms with Gasteiger partial charge in [-0.25, -0.2) is 0 Å². The van der Waals surface area contributed by atoms with Crippen LogP contribution in [0.2, 0.25) is 0 Å². The molecule has 1 aromatic heterocycles. The van der Waals surface area contributed by atoms with Crippen molar-refractivity contribution in [3.8, 4) is 6.07 Å². The fourth-order valence-corrected chi connectivity index (χ4v) is 4.09. The fourth-order valence-electron chi connectivity index (χ4n) is 3.19. The minimum atomic E-state index is -1.90. The molecule has 4 atom stereocenters. The van der Waals surface area contributed by atoms with Crippen LogP contribution in [0.5, 0.6) is 0 Å². The molecule has 0 spiro atoms. The van der Waals surface area contributed by atoms with Crippen molar-refractivity contribution < 1.29 is 14.7 Å². The van der Waals surface area contributed by atoms with Crippen molar-refractivity contribution in [1.82, 2.24) is 5.32 Å². The molecule has 4 N–H and O–H groups in total. The quantitative estimate of drug-likeness (QED) is 0.723. The predicted molar refractivity (Wildman–Crippen MR) is 87.3 cm³/mol. The minimum Gasteiger partial charge on any atom is -0.369 e. The summed E-state index contributed by atoms with van der Waals surface area (Å²) < 4.78 is 0. The number of primary amides is 1. The summed E-state index contributed by atoms with van der Waals surface area (Å²) in [5.41, 5.74) is 3.90. The summed E-state index contributed by atoms with van der Waals surface area (Å²) in [5.74, 6) is -4.59. The number of hydrogen-bond acceptors (Lipinski definition) is 5. The second-order valence-corrected chi connectivity index (χ2v) is 6.63. The molecule has 0 saturated carbocycles. The molecular weight excluding hydrogens is 326 g/mol. The Morgan fingerprint density at radius 1 is 1.29 bits per heavy atom. The van der Waals surface area contributed by atoms with Crippen LogP contribution in [0.3, 0.4) is 0 Å². The maximum Gasteiger partial charge on any atom is 0.235 e. The topological polar surface area (TPSA) is 116 Å². The third kappa shape index (κ3) is 2.46. The molecule has 7 heteroatoms. The van der Waals surface area contributed by atoms with Crippen LogP contribution in [0, 0.1) is 23.2 Å². The van der Waals surface area contributed by atoms with Gasteiger partial charge in [0, 0.05) is 16.4 Å². The first kappa shape index (κ1) is 16.2. The number of carbonyl (C=O) groups excluding carboxylic acids is 2. The second kappa shape index (κ2) is 6.07. The van der Waals surface area contributed by atoms with Crippen molar-refractivity contribution in [3.63, 3.8) is 0 Å². The zero-order chi connectivity index (χ0) is 17.3. The standard InChI is InChI=1S/C17H15N3O3S/c18-9-11-13(12-7-4-8-24-12)14(15(19)21)16(22)20-17(11,23)10-5-2-1-3-6-10/h1-8,11,13-14,23H,(H2,19,21)(H,20,22)/t11-,13-,14-,17-/m1/s1. The number of nitriles is 1. The van der Waals surface area contributed by atoms with Gasteiger partial charge in [-0.1, -0.05) is 36.4 Å². The number of aliphatic hydroxyl groups is 1. The van der Waals surface area contributed by atoms with Gasteiger partial charge in [0.25, 0.3) is 0 Å². The van der Waals surface area contributed by atoms with Gasteiger partial charge in [-0.15, -0.1) is 11.3 Å². The number of rotatable bonds is 3. The first-order valence-electron chi connectivity index (χ1n) is 7.31. The van der Waals surface area contributed by atoms with Crippen molar-refractivity contribution >= 4 is 23.2 Å². The van der Waals surface area contributed by atoms with Crippen molar-refractivity contribution in [2.75, 3.05) is 0 Å². The number of carbonyl (C=O) groups is 2. The van der Waals surface area contributed by atoms with Crippen molar-refractivity contribution in [3.05, 3.63) is 58.3 Å². The molecule has 2 amide bonds. The summed E-state index contributed by atoms with van der Waals surface area (Å²) in [5, 5.41) is 25.1. The normalized spacial score (nSPS) is 29.5. The number of thiophene rings is 1. The molecule has 1 fully saturated rings. The highest BCUT2D eigenvalue weighted by Crippen LogP contribution is 2.46. The Balaban J connectivity index is 2.17. The molecule has 2 heterocycles. The van der Waals surface area contributed by atoms with Gasteiger partial charge in [-0.2, -0.15) is 5.26 Å². The smallest absolute Gasteiger partial charge is 0.235 e. The van der Waals surface area contributed by atoms with Gasteiger partial charge in [0.15, 0.2) is 5.72 Å². The van der Waals surface area contributed by atoms with Gasteiger partial charge in [-0.05, 0) is 11.4 Å². The van der Waals surface area contributed by atoms with E-state index in [2.05, 4.69) is 11.4 Å². The zero-order valence-electron chi connectivity index (χ0n) is 12.5. The van der Waals surface area contributed by atoms with E-state index in [1.165, 1.54) is 11.3 Å². The summed E-state index contributed by atoms with van der Waals surface area (Å²) in [4.78, 5) is 25.0. The Bertz CT molecular complexity index is 800. The van der Waals surface area contributed by atoms with Crippen LogP contribution >= 0.6 is 11.3 Å². The third-order valence-corrected chi connectivity index (χ3v) is 5.27. The van der Waals surface area contributed by atoms with Crippen molar-refractivity contribution in [2.45, 2.75) is 11.6 Å². The Hall–Kier alpha value is -2.69. The van der Waals surface area contributed by atoms with Crippen LogP contribution in [0.25, 0.3) is 0 Å². The lowest BCUT2D eigenvalue weighted by Gasteiger charge is -2.44. The van der Waals surface area contributed by atoms with Crippen LogP contribution in [0.15, 0.2) is 47.8 Å². The number of nitrogens with zero attached hydrogens (tertiary/aromatic N) is 1. The van der Waals surface area contributed by atoms with Gasteiger partial charge >= 0.3 is 0 Å². The fraction of sp³-hybridized carbons (Fsp3) is 0.235. The molecule has 0 unspecified atom stereocenters. The largest absolute Gasteiger partial charge is 0.369 e. The Kier molecular flexibility index (Phi) is 4.09. The lowest BCUT2D eigenvalue weighted by molar-refractivity contribution is -0.153. The number of nitrogens with two attached hydrogens (primary N) is 1. The monoisotopic (exact) mass is 341 g/mol. The summed E-state index contributed by atoms with van der Waals surface area (Å²) in [6.07, 6.45) is 0. The van der Waals surface area contributed by atoms with Crippen LogP contribution in [0.1, 0.15) is 16.4 Å². The molecule has 2 aromatic rings. The average Bonchev–Trinajstić information content (AvgIpc) is 3.08. The number of piperidine rings is 1. The number of nitrogens with one attached hydrogen (secondary N) is 1. The minimum absolute atomic E-state index is 0.384. The molecule has 0 bridgehead atoms. The molecular formula is C17H15N3O3S. The molecule has 6 nitrogen and oxygen atoms in total. The summed E-state index contributed by atoms with van der Waals surface area (Å²) in [7, 11) is 0. The second-order valence-electron chi connectivity index (χ2n) is 5.65. The van der Waals surface area contributed by atoms with E-state index in [0.29, 0.717) is 10.4 Å². The van der Waals surface area contributed by atoms with E-state index in [0.717, 1.165) is 0 Å². The molecule has 122 valence electrons. The van der Waals surface area contributed by atoms with Crippen LogP contribution < -0.4 is 11.1 Å². The van der Waals surface area contributed by atoms with Gasteiger partial charge in [0.1, 0.15) is 11.8 Å². The van der Waals surface area contributed by atoms with Crippen LogP contribution in [-0.2, 0) is 15.3 Å². The average molecular weight is 341 g/mol. The highest BCUT2D eigenvalue weighted by atomic mass is 32.1. The Morgan fingerprint density at radius 3 is 2.54 bits per heavy atom. The molecule has 1 aliphatic rings. The molecule has 1 aliphatic heterocycles. The van der Waals surface area contributed by atoms with Crippen LogP contribution in [-0.4, -0.2) is 16.9 Å². The summed E-state index contributed by atoms with van der Waals surface area (Å²) in [6.45, 7) is 0. The van der Waals surface area contributed by atoms with E-state index in [-0.39, 0.29) is 0 Å². The zero-order valence-corrected chi connectivity index (χ0v) is 13.4. The van der Waals surface area contributed by atoms with E-state index in [4.69, 9.17) is 5.73 Å². The Morgan fingerprint density at radius 2 is 2.00 bits per heavy atom. The first-order chi connectivity index (χ1) is 11.5. The SMILES string of the molecule is N#C[C@@H]1[C@H](c2cccs2)[C@H](C(N)=O)C(=O)N[C@@]1(O)c1ccccc1. The maximum atomic E-state index is 12.5. The number of benzene rings is 1. The van der Waals surface area contributed by atoms with E-state index in [1.807, 2.05) is 0 Å². The molecule has 0 radical (unpaired) electrons. The number of hydrogen-bond donors (Lipinski definition) is 3. The number of amides is 2. The molecule has 1 aromatic carbocycles. The maximum absolute atomic E-state index is 12.5. The van der Waals surface area contributed by atoms with Gasteiger partial charge in [0.2, 0.25) is 11.8 Å². The lowest BCUT2D eigenvalue weighted by Crippen LogP contribution is -2.62. The van der Waals surface area contributed by atoms with Gasteiger partial charge in [0.05, 0.1) is 6.07 Å². The van der Waals surface area contributed by atoms with E-state index >= 15 is 0 Å². The molecule has 1 saturated heterocycles. The highest BCUT2D eigenvalue weighted by molar-refractivity contribution is 7.10. The van der Waals surface area contributed by atoms with Gasteiger partial charge in [-0.3, -0.25) is 9.59 Å².